The van der Waals surface area contributed by atoms with E-state index in [1.165, 1.54) is 25.7 Å². The fraction of sp³-hybridized carbons (Fsp3) is 0.769. The predicted octanol–water partition coefficient (Wildman–Crippen LogP) is 6.84. The number of hydrogen-bond donors (Lipinski definition) is 0. The van der Waals surface area contributed by atoms with Crippen LogP contribution >= 0.6 is 0 Å². The van der Waals surface area contributed by atoms with Crippen LogP contribution in [-0.4, -0.2) is 32.4 Å². The third-order valence-electron chi connectivity index (χ3n) is 5.80. The van der Waals surface area contributed by atoms with Crippen LogP contribution in [-0.2, 0) is 13.9 Å². The number of unbranched alkanes of at least 4 members (excludes halogenated alkanes) is 4. The second kappa shape index (κ2) is 12.1. The quantitative estimate of drug-likeness (QED) is 0.173. The molecule has 3 atom stereocenters. The maximum Gasteiger partial charge on any atom is 0.193 e. The van der Waals surface area contributed by atoms with Gasteiger partial charge in [0.15, 0.2) is 20.2 Å². The van der Waals surface area contributed by atoms with Gasteiger partial charge in [0.2, 0.25) is 0 Å². The smallest absolute Gasteiger partial charge is 0.193 e. The van der Waals surface area contributed by atoms with E-state index in [2.05, 4.69) is 83.5 Å². The van der Waals surface area contributed by atoms with E-state index in [9.17, 15) is 0 Å². The van der Waals surface area contributed by atoms with Crippen molar-refractivity contribution in [1.29, 1.82) is 0 Å². The molecule has 0 aromatic carbocycles. The molecular weight excluding hydrogens is 388 g/mol. The van der Waals surface area contributed by atoms with E-state index in [0.29, 0.717) is 0 Å². The molecule has 0 radical (unpaired) electrons. The van der Waals surface area contributed by atoms with Crippen molar-refractivity contribution in [3.05, 3.63) is 12.2 Å². The largest absolute Gasteiger partial charge is 0.403 e. The van der Waals surface area contributed by atoms with Crippen molar-refractivity contribution in [2.45, 2.75) is 129 Å². The molecule has 0 aromatic heterocycles. The van der Waals surface area contributed by atoms with Crippen molar-refractivity contribution in [3.63, 3.8) is 0 Å². The standard InChI is InChI=1S/C26H44O3Si/c1-10-12-13-14-15-16-20-23-24(28-26(6,7)27-23)21-18-17-19-22(11-2)29-30(8,9)25(3,4)5/h16,20,22-24H,10-15H2,1-9H3/b20-16+/t22?,23-,24+/m1/s1. The topological polar surface area (TPSA) is 27.7 Å². The molecular formula is C26H44O3Si. The van der Waals surface area contributed by atoms with Crippen molar-refractivity contribution < 1.29 is 13.9 Å². The molecule has 0 saturated carbocycles. The van der Waals surface area contributed by atoms with Crippen molar-refractivity contribution >= 4 is 8.32 Å². The summed E-state index contributed by atoms with van der Waals surface area (Å²) >= 11 is 0. The molecule has 0 amide bonds. The van der Waals surface area contributed by atoms with Crippen LogP contribution < -0.4 is 0 Å². The monoisotopic (exact) mass is 432 g/mol. The fourth-order valence-corrected chi connectivity index (χ4v) is 4.22. The highest BCUT2D eigenvalue weighted by molar-refractivity contribution is 6.74. The molecule has 1 unspecified atom stereocenters. The highest BCUT2D eigenvalue weighted by atomic mass is 28.4. The van der Waals surface area contributed by atoms with Gasteiger partial charge in [0.05, 0.1) is 0 Å². The van der Waals surface area contributed by atoms with Crippen LogP contribution in [0.15, 0.2) is 12.2 Å². The van der Waals surface area contributed by atoms with Gasteiger partial charge in [-0.05, 0) is 63.1 Å². The van der Waals surface area contributed by atoms with Crippen LogP contribution in [0.5, 0.6) is 0 Å². The molecule has 1 heterocycles. The third-order valence-corrected chi connectivity index (χ3v) is 10.3. The van der Waals surface area contributed by atoms with Crippen molar-refractivity contribution in [1.82, 2.24) is 0 Å². The van der Waals surface area contributed by atoms with E-state index >= 15 is 0 Å². The second-order valence-corrected chi connectivity index (χ2v) is 14.9. The zero-order chi connectivity index (χ0) is 22.8. The summed E-state index contributed by atoms with van der Waals surface area (Å²) < 4.78 is 18.4. The lowest BCUT2D eigenvalue weighted by Crippen LogP contribution is -2.43. The predicted molar refractivity (Wildman–Crippen MR) is 130 cm³/mol. The molecule has 0 aliphatic carbocycles. The fourth-order valence-electron chi connectivity index (χ4n) is 2.93. The normalized spacial score (nSPS) is 22.3. The molecule has 0 spiro atoms. The Kier molecular flexibility index (Phi) is 10.9. The summed E-state index contributed by atoms with van der Waals surface area (Å²) in [7, 11) is -1.84. The first-order valence-electron chi connectivity index (χ1n) is 11.6. The molecule has 30 heavy (non-hydrogen) atoms. The van der Waals surface area contributed by atoms with Gasteiger partial charge in [-0.15, -0.1) is 0 Å². The molecule has 1 saturated heterocycles. The Morgan fingerprint density at radius 2 is 1.77 bits per heavy atom. The molecule has 0 aromatic rings. The molecule has 1 aliphatic rings. The van der Waals surface area contributed by atoms with Crippen LogP contribution in [0.25, 0.3) is 0 Å². The minimum Gasteiger partial charge on any atom is -0.403 e. The Labute approximate surface area is 187 Å². The minimum atomic E-state index is -1.84. The molecule has 3 nitrogen and oxygen atoms in total. The number of rotatable bonds is 9. The Morgan fingerprint density at radius 1 is 1.07 bits per heavy atom. The van der Waals surface area contributed by atoms with Gasteiger partial charge in [0.1, 0.15) is 12.2 Å². The van der Waals surface area contributed by atoms with E-state index < -0.39 is 14.1 Å². The molecule has 1 fully saturated rings. The van der Waals surface area contributed by atoms with E-state index in [4.69, 9.17) is 13.9 Å². The zero-order valence-electron chi connectivity index (χ0n) is 20.9. The average molecular weight is 433 g/mol. The summed E-state index contributed by atoms with van der Waals surface area (Å²) in [5.41, 5.74) is 0. The highest BCUT2D eigenvalue weighted by Gasteiger charge is 2.39. The lowest BCUT2D eigenvalue weighted by molar-refractivity contribution is -0.138. The summed E-state index contributed by atoms with van der Waals surface area (Å²) in [5, 5.41) is 0.171. The summed E-state index contributed by atoms with van der Waals surface area (Å²) in [6, 6.07) is 0. The van der Waals surface area contributed by atoms with Gasteiger partial charge in [-0.2, -0.15) is 0 Å². The van der Waals surface area contributed by atoms with Gasteiger partial charge < -0.3 is 13.9 Å². The molecule has 1 rings (SSSR count). The first-order chi connectivity index (χ1) is 13.9. The molecule has 0 N–H and O–H groups in total. The molecule has 0 bridgehead atoms. The molecule has 4 heteroatoms. The van der Waals surface area contributed by atoms with E-state index in [0.717, 1.165) is 12.8 Å². The van der Waals surface area contributed by atoms with Crippen molar-refractivity contribution in [3.8, 4) is 23.7 Å². The van der Waals surface area contributed by atoms with Gasteiger partial charge in [-0.3, -0.25) is 0 Å². The summed E-state index contributed by atoms with van der Waals surface area (Å²) in [5.74, 6) is 11.7. The Balaban J connectivity index is 2.73. The lowest BCUT2D eigenvalue weighted by atomic mass is 10.1. The first kappa shape index (κ1) is 27.0. The Morgan fingerprint density at radius 3 is 2.37 bits per heavy atom. The number of ether oxygens (including phenoxy) is 2. The second-order valence-electron chi connectivity index (χ2n) is 10.1. The van der Waals surface area contributed by atoms with E-state index in [-0.39, 0.29) is 23.4 Å². The van der Waals surface area contributed by atoms with Crippen LogP contribution in [0.1, 0.15) is 87.0 Å². The van der Waals surface area contributed by atoms with Crippen LogP contribution in [0.3, 0.4) is 0 Å². The minimum absolute atomic E-state index is 0.0730. The Hall–Kier alpha value is -1.04. The van der Waals surface area contributed by atoms with Gasteiger partial charge in [0, 0.05) is 0 Å². The third kappa shape index (κ3) is 9.40. The SMILES string of the molecule is CCCCCC/C=C/[C@H]1OC(C)(C)O[C@H]1C#CC#CC(CC)O[Si](C)(C)C(C)(C)C. The zero-order valence-corrected chi connectivity index (χ0v) is 21.9. The summed E-state index contributed by atoms with van der Waals surface area (Å²) in [4.78, 5) is 0. The van der Waals surface area contributed by atoms with Gasteiger partial charge in [-0.25, -0.2) is 0 Å². The van der Waals surface area contributed by atoms with Gasteiger partial charge in [-0.1, -0.05) is 77.9 Å². The maximum absolute atomic E-state index is 6.40. The lowest BCUT2D eigenvalue weighted by Gasteiger charge is -2.37. The van der Waals surface area contributed by atoms with Gasteiger partial charge >= 0.3 is 0 Å². The van der Waals surface area contributed by atoms with Crippen LogP contribution in [0, 0.1) is 23.7 Å². The van der Waals surface area contributed by atoms with Gasteiger partial charge in [0.25, 0.3) is 0 Å². The van der Waals surface area contributed by atoms with E-state index in [1.54, 1.807) is 0 Å². The summed E-state index contributed by atoms with van der Waals surface area (Å²) in [6.07, 6.45) is 10.8. The van der Waals surface area contributed by atoms with Crippen LogP contribution in [0.4, 0.5) is 0 Å². The van der Waals surface area contributed by atoms with Crippen LogP contribution in [0.2, 0.25) is 18.1 Å². The average Bonchev–Trinajstić information content (AvgIpc) is 2.93. The first-order valence-corrected chi connectivity index (χ1v) is 14.5. The number of allylic oxidation sites excluding steroid dienone is 1. The van der Waals surface area contributed by atoms with Crippen molar-refractivity contribution in [2.24, 2.45) is 0 Å². The maximum atomic E-state index is 6.40. The highest BCUT2D eigenvalue weighted by Crippen LogP contribution is 2.37. The molecule has 1 aliphatic heterocycles. The number of hydrogen-bond acceptors (Lipinski definition) is 3. The Bertz CT molecular complexity index is 664. The summed E-state index contributed by atoms with van der Waals surface area (Å²) in [6.45, 7) is 19.5. The van der Waals surface area contributed by atoms with E-state index in [1.807, 2.05) is 13.8 Å². The van der Waals surface area contributed by atoms with Crippen molar-refractivity contribution in [2.75, 3.05) is 0 Å². The molecule has 170 valence electrons.